The maximum atomic E-state index is 13.2. The van der Waals surface area contributed by atoms with Crippen LogP contribution in [-0.2, 0) is 16.1 Å². The lowest BCUT2D eigenvalue weighted by Crippen LogP contribution is -2.49. The molecule has 1 fully saturated rings. The van der Waals surface area contributed by atoms with Crippen LogP contribution in [0.3, 0.4) is 0 Å². The molecule has 0 unspecified atom stereocenters. The molecule has 8 heteroatoms. The molecule has 3 rings (SSSR count). The summed E-state index contributed by atoms with van der Waals surface area (Å²) in [6, 6.07) is 12.3. The molecule has 1 aliphatic rings. The summed E-state index contributed by atoms with van der Waals surface area (Å²) in [4.78, 5) is 28.8. The zero-order chi connectivity index (χ0) is 23.1. The van der Waals surface area contributed by atoms with Crippen molar-refractivity contribution >= 4 is 58.4 Å². The van der Waals surface area contributed by atoms with Gasteiger partial charge in [0.15, 0.2) is 0 Å². The summed E-state index contributed by atoms with van der Waals surface area (Å²) >= 11 is 19.9. The van der Waals surface area contributed by atoms with Crippen molar-refractivity contribution in [3.05, 3.63) is 63.1 Å². The lowest BCUT2D eigenvalue weighted by Gasteiger charge is -2.30. The van der Waals surface area contributed by atoms with Crippen molar-refractivity contribution in [2.24, 2.45) is 0 Å². The fourth-order valence-electron chi connectivity index (χ4n) is 3.74. The molecule has 0 heterocycles. The molecule has 1 aliphatic carbocycles. The van der Waals surface area contributed by atoms with Gasteiger partial charge in [0.25, 0.3) is 0 Å². The van der Waals surface area contributed by atoms with Crippen LogP contribution in [0.1, 0.15) is 44.6 Å². The van der Waals surface area contributed by atoms with Gasteiger partial charge in [-0.3, -0.25) is 9.59 Å². The third-order valence-electron chi connectivity index (χ3n) is 5.62. The Morgan fingerprint density at radius 1 is 1.06 bits per heavy atom. The van der Waals surface area contributed by atoms with E-state index in [0.717, 1.165) is 36.1 Å². The second-order valence-electron chi connectivity index (χ2n) is 7.98. The molecule has 172 valence electrons. The van der Waals surface area contributed by atoms with Crippen molar-refractivity contribution in [2.45, 2.75) is 62.6 Å². The van der Waals surface area contributed by atoms with Crippen LogP contribution in [0.15, 0.2) is 47.4 Å². The number of hydrogen-bond acceptors (Lipinski definition) is 3. The van der Waals surface area contributed by atoms with Crippen LogP contribution in [-0.4, -0.2) is 34.6 Å². The minimum atomic E-state index is -0.602. The van der Waals surface area contributed by atoms with Gasteiger partial charge in [-0.05, 0) is 61.7 Å². The van der Waals surface area contributed by atoms with Crippen molar-refractivity contribution in [1.29, 1.82) is 0 Å². The predicted molar refractivity (Wildman–Crippen MR) is 134 cm³/mol. The van der Waals surface area contributed by atoms with Crippen LogP contribution >= 0.6 is 46.6 Å². The normalized spacial score (nSPS) is 14.9. The number of thioether (sulfide) groups is 1. The molecule has 1 saturated carbocycles. The Morgan fingerprint density at radius 3 is 2.38 bits per heavy atom. The Kier molecular flexibility index (Phi) is 9.60. The van der Waals surface area contributed by atoms with Crippen molar-refractivity contribution < 1.29 is 9.59 Å². The smallest absolute Gasteiger partial charge is 0.242 e. The Morgan fingerprint density at radius 2 is 1.72 bits per heavy atom. The molecule has 1 atom stereocenters. The summed E-state index contributed by atoms with van der Waals surface area (Å²) < 4.78 is 0. The van der Waals surface area contributed by atoms with Gasteiger partial charge in [0.05, 0.1) is 0 Å². The lowest BCUT2D eigenvalue weighted by atomic mass is 10.1. The van der Waals surface area contributed by atoms with E-state index < -0.39 is 6.04 Å². The Bertz CT molecular complexity index is 933. The maximum Gasteiger partial charge on any atom is 0.242 e. The summed E-state index contributed by atoms with van der Waals surface area (Å²) in [6.07, 6.45) is 4.55. The minimum Gasteiger partial charge on any atom is -0.352 e. The number of nitrogens with zero attached hydrogens (tertiary/aromatic N) is 1. The van der Waals surface area contributed by atoms with Crippen LogP contribution < -0.4 is 5.32 Å². The summed E-state index contributed by atoms with van der Waals surface area (Å²) in [5, 5.41) is 4.80. The summed E-state index contributed by atoms with van der Waals surface area (Å²) in [5.74, 6) is 0.384. The van der Waals surface area contributed by atoms with Gasteiger partial charge in [0.2, 0.25) is 11.8 Å². The first-order chi connectivity index (χ1) is 15.3. The largest absolute Gasteiger partial charge is 0.352 e. The SMILES string of the molecule is C[C@@H](C(=O)NC1CCCC1)N(Cc1ccc(Cl)cc1Cl)C(=O)CCSc1ccc(Cl)cc1. The van der Waals surface area contributed by atoms with Crippen LogP contribution in [0.25, 0.3) is 0 Å². The van der Waals surface area contributed by atoms with Crippen LogP contribution in [0.2, 0.25) is 15.1 Å². The van der Waals surface area contributed by atoms with E-state index >= 15 is 0 Å². The number of carbonyl (C=O) groups excluding carboxylic acids is 2. The first-order valence-electron chi connectivity index (χ1n) is 10.8. The van der Waals surface area contributed by atoms with E-state index in [1.807, 2.05) is 24.3 Å². The van der Waals surface area contributed by atoms with E-state index in [0.29, 0.717) is 27.2 Å². The molecule has 32 heavy (non-hydrogen) atoms. The topological polar surface area (TPSA) is 49.4 Å². The zero-order valence-corrected chi connectivity index (χ0v) is 21.0. The lowest BCUT2D eigenvalue weighted by molar-refractivity contribution is -0.140. The van der Waals surface area contributed by atoms with Crippen molar-refractivity contribution in [2.75, 3.05) is 5.75 Å². The van der Waals surface area contributed by atoms with Crippen LogP contribution in [0.5, 0.6) is 0 Å². The van der Waals surface area contributed by atoms with Crippen LogP contribution in [0, 0.1) is 0 Å². The van der Waals surface area contributed by atoms with Crippen molar-refractivity contribution in [3.63, 3.8) is 0 Å². The van der Waals surface area contributed by atoms with E-state index in [-0.39, 0.29) is 24.4 Å². The van der Waals surface area contributed by atoms with E-state index in [1.54, 1.807) is 41.8 Å². The molecule has 1 N–H and O–H groups in total. The Hall–Kier alpha value is -1.40. The second kappa shape index (κ2) is 12.2. The molecule has 0 radical (unpaired) electrons. The molecule has 0 bridgehead atoms. The molecule has 0 aromatic heterocycles. The van der Waals surface area contributed by atoms with Crippen molar-refractivity contribution in [3.8, 4) is 0 Å². The third kappa shape index (κ3) is 7.31. The van der Waals surface area contributed by atoms with Crippen molar-refractivity contribution in [1.82, 2.24) is 10.2 Å². The van der Waals surface area contributed by atoms with E-state index in [4.69, 9.17) is 34.8 Å². The molecular formula is C24H27Cl3N2O2S. The number of halogens is 3. The zero-order valence-electron chi connectivity index (χ0n) is 18.0. The Labute approximate surface area is 209 Å². The standard InChI is InChI=1S/C24H27Cl3N2O2S/c1-16(24(31)28-20-4-2-3-5-20)29(15-17-6-7-19(26)14-22(17)27)23(30)12-13-32-21-10-8-18(25)9-11-21/h6-11,14,16,20H,2-5,12-13,15H2,1H3,(H,28,31)/t16-/m0/s1. The third-order valence-corrected chi connectivity index (χ3v) is 7.48. The molecule has 4 nitrogen and oxygen atoms in total. The van der Waals surface area contributed by atoms with Crippen LogP contribution in [0.4, 0.5) is 0 Å². The molecule has 2 aromatic carbocycles. The number of carbonyl (C=O) groups is 2. The summed E-state index contributed by atoms with van der Waals surface area (Å²) in [7, 11) is 0. The average Bonchev–Trinajstić information content (AvgIpc) is 3.27. The maximum absolute atomic E-state index is 13.2. The molecular weight excluding hydrogens is 487 g/mol. The van der Waals surface area contributed by atoms with Gasteiger partial charge in [0, 0.05) is 44.7 Å². The number of nitrogens with one attached hydrogen (secondary N) is 1. The Balaban J connectivity index is 1.68. The second-order valence-corrected chi connectivity index (χ2v) is 10.4. The quantitative estimate of drug-likeness (QED) is 0.384. The molecule has 0 saturated heterocycles. The molecule has 0 spiro atoms. The fourth-order valence-corrected chi connectivity index (χ4v) is 5.17. The summed E-state index contributed by atoms with van der Waals surface area (Å²) in [6.45, 7) is 2.03. The number of benzene rings is 2. The van der Waals surface area contributed by atoms with Gasteiger partial charge in [0.1, 0.15) is 6.04 Å². The average molecular weight is 514 g/mol. The highest BCUT2D eigenvalue weighted by Crippen LogP contribution is 2.25. The molecule has 2 amide bonds. The van der Waals surface area contributed by atoms with Gasteiger partial charge in [-0.1, -0.05) is 53.7 Å². The monoisotopic (exact) mass is 512 g/mol. The highest BCUT2D eigenvalue weighted by molar-refractivity contribution is 7.99. The van der Waals surface area contributed by atoms with Gasteiger partial charge in [-0.25, -0.2) is 0 Å². The highest BCUT2D eigenvalue weighted by Gasteiger charge is 2.28. The first-order valence-corrected chi connectivity index (χ1v) is 12.9. The van der Waals surface area contributed by atoms with Gasteiger partial charge in [-0.15, -0.1) is 11.8 Å². The van der Waals surface area contributed by atoms with E-state index in [9.17, 15) is 9.59 Å². The van der Waals surface area contributed by atoms with Gasteiger partial charge < -0.3 is 10.2 Å². The number of rotatable bonds is 9. The van der Waals surface area contributed by atoms with Gasteiger partial charge in [-0.2, -0.15) is 0 Å². The first kappa shape index (κ1) is 25.2. The highest BCUT2D eigenvalue weighted by atomic mass is 35.5. The fraction of sp³-hybridized carbons (Fsp3) is 0.417. The number of hydrogen-bond donors (Lipinski definition) is 1. The van der Waals surface area contributed by atoms with E-state index in [2.05, 4.69) is 5.32 Å². The predicted octanol–water partition coefficient (Wildman–Crippen LogP) is 6.61. The minimum absolute atomic E-state index is 0.0912. The molecule has 2 aromatic rings. The number of amides is 2. The molecule has 0 aliphatic heterocycles. The van der Waals surface area contributed by atoms with E-state index in [1.165, 1.54) is 0 Å². The summed E-state index contributed by atoms with van der Waals surface area (Å²) in [5.41, 5.74) is 0.760. The van der Waals surface area contributed by atoms with Gasteiger partial charge >= 0.3 is 0 Å².